The van der Waals surface area contributed by atoms with Crippen LogP contribution >= 0.6 is 11.6 Å². The Bertz CT molecular complexity index is 824. The number of benzene rings is 2. The monoisotopic (exact) mass is 344 g/mol. The molecule has 0 aliphatic rings. The molecule has 0 saturated carbocycles. The highest BCUT2D eigenvalue weighted by molar-refractivity contribution is 6.31. The van der Waals surface area contributed by atoms with Crippen LogP contribution < -0.4 is 5.73 Å². The van der Waals surface area contributed by atoms with Gasteiger partial charge in [0.05, 0.1) is 0 Å². The average Bonchev–Trinajstić information content (AvgIpc) is 2.93. The number of hydrogen-bond acceptors (Lipinski definition) is 2. The van der Waals surface area contributed by atoms with Gasteiger partial charge in [-0.15, -0.1) is 0 Å². The van der Waals surface area contributed by atoms with Crippen molar-refractivity contribution in [3.8, 4) is 5.75 Å². The van der Waals surface area contributed by atoms with Crippen molar-refractivity contribution in [1.82, 2.24) is 4.57 Å². The molecular weight excluding hydrogens is 320 g/mol. The van der Waals surface area contributed by atoms with Gasteiger partial charge in [-0.2, -0.15) is 0 Å². The fraction of sp³-hybridized carbons (Fsp3) is 0.300. The van der Waals surface area contributed by atoms with E-state index in [4.69, 9.17) is 17.3 Å². The molecule has 0 radical (unpaired) electrons. The summed E-state index contributed by atoms with van der Waals surface area (Å²) in [6.07, 6.45) is 2.98. The van der Waals surface area contributed by atoms with Gasteiger partial charge in [0.1, 0.15) is 5.75 Å². The second-order valence-corrected chi connectivity index (χ2v) is 5.87. The van der Waals surface area contributed by atoms with Crippen LogP contribution in [0.3, 0.4) is 0 Å². The van der Waals surface area contributed by atoms with E-state index in [1.807, 2.05) is 32.2 Å². The summed E-state index contributed by atoms with van der Waals surface area (Å²) in [4.78, 5) is 0. The van der Waals surface area contributed by atoms with Crippen molar-refractivity contribution in [1.29, 1.82) is 0 Å². The number of aryl methyl sites for hydroxylation is 1. The van der Waals surface area contributed by atoms with E-state index in [0.717, 1.165) is 45.6 Å². The molecule has 3 N–H and O–H groups in total. The SMILES string of the molecule is CC.CCc1ccc(Cn2cc(CN)c3cc(O)ccc32)cc1Cl. The second kappa shape index (κ2) is 8.22. The lowest BCUT2D eigenvalue weighted by Crippen LogP contribution is -1.99. The highest BCUT2D eigenvalue weighted by atomic mass is 35.5. The quantitative estimate of drug-likeness (QED) is 0.692. The maximum absolute atomic E-state index is 9.68. The molecule has 128 valence electrons. The lowest BCUT2D eigenvalue weighted by atomic mass is 10.1. The molecule has 4 heteroatoms. The number of hydrogen-bond donors (Lipinski definition) is 2. The Kier molecular flexibility index (Phi) is 6.29. The Morgan fingerprint density at radius 3 is 2.46 bits per heavy atom. The number of phenols is 1. The Morgan fingerprint density at radius 1 is 1.08 bits per heavy atom. The van der Waals surface area contributed by atoms with Gasteiger partial charge in [0.15, 0.2) is 0 Å². The van der Waals surface area contributed by atoms with E-state index in [0.29, 0.717) is 6.54 Å². The number of rotatable bonds is 4. The molecule has 0 aliphatic heterocycles. The summed E-state index contributed by atoms with van der Waals surface area (Å²) in [6, 6.07) is 11.6. The summed E-state index contributed by atoms with van der Waals surface area (Å²) in [5, 5.41) is 11.5. The lowest BCUT2D eigenvalue weighted by Gasteiger charge is -2.08. The predicted octanol–water partition coefficient (Wildman–Crippen LogP) is 5.10. The lowest BCUT2D eigenvalue weighted by molar-refractivity contribution is 0.476. The van der Waals surface area contributed by atoms with E-state index >= 15 is 0 Å². The molecule has 1 heterocycles. The Labute approximate surface area is 148 Å². The van der Waals surface area contributed by atoms with Gasteiger partial charge in [-0.25, -0.2) is 0 Å². The molecule has 0 unspecified atom stereocenters. The van der Waals surface area contributed by atoms with Gasteiger partial charge in [-0.05, 0) is 47.4 Å². The predicted molar refractivity (Wildman–Crippen MR) is 103 cm³/mol. The molecule has 3 aromatic rings. The van der Waals surface area contributed by atoms with Crippen molar-refractivity contribution in [2.24, 2.45) is 5.73 Å². The fourth-order valence-corrected chi connectivity index (χ4v) is 3.16. The molecule has 0 bridgehead atoms. The Morgan fingerprint density at radius 2 is 1.83 bits per heavy atom. The van der Waals surface area contributed by atoms with E-state index in [-0.39, 0.29) is 5.75 Å². The largest absolute Gasteiger partial charge is 0.508 e. The summed E-state index contributed by atoms with van der Waals surface area (Å²) < 4.78 is 2.15. The number of phenolic OH excluding ortho intramolecular Hbond substituents is 1. The molecule has 24 heavy (non-hydrogen) atoms. The van der Waals surface area contributed by atoms with Crippen LogP contribution in [-0.4, -0.2) is 9.67 Å². The smallest absolute Gasteiger partial charge is 0.116 e. The van der Waals surface area contributed by atoms with Crippen molar-refractivity contribution in [3.05, 3.63) is 64.3 Å². The van der Waals surface area contributed by atoms with Gasteiger partial charge in [0.2, 0.25) is 0 Å². The normalized spacial score (nSPS) is 10.5. The minimum Gasteiger partial charge on any atom is -0.508 e. The topological polar surface area (TPSA) is 51.2 Å². The van der Waals surface area contributed by atoms with Crippen LogP contribution in [0.5, 0.6) is 5.75 Å². The minimum atomic E-state index is 0.260. The van der Waals surface area contributed by atoms with E-state index in [1.165, 1.54) is 0 Å². The zero-order valence-electron chi connectivity index (χ0n) is 14.5. The van der Waals surface area contributed by atoms with Crippen LogP contribution in [0.4, 0.5) is 0 Å². The van der Waals surface area contributed by atoms with Gasteiger partial charge < -0.3 is 15.4 Å². The highest BCUT2D eigenvalue weighted by Crippen LogP contribution is 2.27. The summed E-state index contributed by atoms with van der Waals surface area (Å²) >= 11 is 6.30. The molecule has 0 amide bonds. The number of nitrogens with two attached hydrogens (primary N) is 1. The maximum atomic E-state index is 9.68. The number of halogens is 1. The van der Waals surface area contributed by atoms with Crippen LogP contribution in [0, 0.1) is 0 Å². The van der Waals surface area contributed by atoms with E-state index in [1.54, 1.807) is 12.1 Å². The number of aromatic hydroxyl groups is 1. The van der Waals surface area contributed by atoms with Gasteiger partial charge >= 0.3 is 0 Å². The fourth-order valence-electron chi connectivity index (χ4n) is 2.82. The number of nitrogens with zero attached hydrogens (tertiary/aromatic N) is 1. The first-order valence-corrected chi connectivity index (χ1v) is 8.78. The van der Waals surface area contributed by atoms with Gasteiger partial charge in [-0.3, -0.25) is 0 Å². The molecule has 0 aliphatic carbocycles. The molecule has 3 nitrogen and oxygen atoms in total. The third-order valence-corrected chi connectivity index (χ3v) is 4.37. The van der Waals surface area contributed by atoms with E-state index in [9.17, 15) is 5.11 Å². The summed E-state index contributed by atoms with van der Waals surface area (Å²) in [5.74, 6) is 0.260. The third-order valence-electron chi connectivity index (χ3n) is 4.02. The highest BCUT2D eigenvalue weighted by Gasteiger charge is 2.09. The number of aromatic nitrogens is 1. The molecule has 2 aromatic carbocycles. The van der Waals surface area contributed by atoms with Crippen LogP contribution in [-0.2, 0) is 19.5 Å². The number of fused-ring (bicyclic) bond motifs is 1. The standard InChI is InChI=1S/C18H19ClN2O.C2H6/c1-2-13-4-3-12(7-17(13)19)10-21-11-14(9-20)16-8-15(22)5-6-18(16)21;1-2/h3-8,11,22H,2,9-10,20H2,1H3;1-2H3. The van der Waals surface area contributed by atoms with Crippen LogP contribution in [0.2, 0.25) is 5.02 Å². The average molecular weight is 345 g/mol. The van der Waals surface area contributed by atoms with Crippen molar-refractivity contribution < 1.29 is 5.11 Å². The summed E-state index contributed by atoms with van der Waals surface area (Å²) in [7, 11) is 0. The Balaban J connectivity index is 0.00000100. The van der Waals surface area contributed by atoms with Crippen molar-refractivity contribution in [2.45, 2.75) is 40.3 Å². The minimum absolute atomic E-state index is 0.260. The molecule has 3 rings (SSSR count). The zero-order chi connectivity index (χ0) is 17.7. The van der Waals surface area contributed by atoms with Gasteiger partial charge in [-0.1, -0.05) is 44.5 Å². The summed E-state index contributed by atoms with van der Waals surface area (Å²) in [5.41, 5.74) is 10.2. The molecule has 1 aromatic heterocycles. The molecule has 0 atom stereocenters. The summed E-state index contributed by atoms with van der Waals surface area (Å²) in [6.45, 7) is 7.27. The molecule has 0 fully saturated rings. The maximum Gasteiger partial charge on any atom is 0.116 e. The first kappa shape index (κ1) is 18.4. The molecule has 0 spiro atoms. The van der Waals surface area contributed by atoms with E-state index < -0.39 is 0 Å². The van der Waals surface area contributed by atoms with Crippen molar-refractivity contribution in [2.75, 3.05) is 0 Å². The first-order chi connectivity index (χ1) is 11.6. The third kappa shape index (κ3) is 3.74. The van der Waals surface area contributed by atoms with Gasteiger partial charge in [0, 0.05) is 35.2 Å². The van der Waals surface area contributed by atoms with Crippen LogP contribution in [0.15, 0.2) is 42.6 Å². The van der Waals surface area contributed by atoms with Gasteiger partial charge in [0.25, 0.3) is 0 Å². The van der Waals surface area contributed by atoms with Crippen molar-refractivity contribution >= 4 is 22.5 Å². The molecule has 0 saturated heterocycles. The van der Waals surface area contributed by atoms with E-state index in [2.05, 4.69) is 23.6 Å². The van der Waals surface area contributed by atoms with Crippen molar-refractivity contribution in [3.63, 3.8) is 0 Å². The van der Waals surface area contributed by atoms with Crippen LogP contribution in [0.25, 0.3) is 10.9 Å². The van der Waals surface area contributed by atoms with Crippen LogP contribution in [0.1, 0.15) is 37.5 Å². The zero-order valence-corrected chi connectivity index (χ0v) is 15.3. The first-order valence-electron chi connectivity index (χ1n) is 8.40. The second-order valence-electron chi connectivity index (χ2n) is 5.47. The molecular formula is C20H25ClN2O. The Hall–Kier alpha value is -1.97.